The van der Waals surface area contributed by atoms with Gasteiger partial charge in [0.15, 0.2) is 0 Å². The standard InChI is InChI=1S/C32H38FN3O4S/c1-24-17-19-28(20-18-24)41(39,40)35(2)23-31(37)36(22-26-13-9-10-16-29(26)33)30(21-25-11-5-3-6-12-25)32(38)34-27-14-7-4-8-15-27/h3,5-6,9-13,16-20,27,30H,4,7-8,14-15,21-23H2,1-2H3,(H,34,38)/t30-/m1/s1. The van der Waals surface area contributed by atoms with Gasteiger partial charge in [0.1, 0.15) is 11.9 Å². The molecule has 1 aliphatic rings. The Hall–Kier alpha value is -3.56. The number of likely N-dealkylation sites (N-methyl/N-ethyl adjacent to an activating group) is 1. The predicted molar refractivity (Wildman–Crippen MR) is 157 cm³/mol. The normalized spacial score (nSPS) is 14.9. The van der Waals surface area contributed by atoms with Crippen molar-refractivity contribution in [2.45, 2.75) is 69.0 Å². The molecule has 0 bridgehead atoms. The molecule has 1 aliphatic carbocycles. The molecule has 7 nitrogen and oxygen atoms in total. The van der Waals surface area contributed by atoms with Gasteiger partial charge in [-0.25, -0.2) is 12.8 Å². The first-order valence-electron chi connectivity index (χ1n) is 14.1. The van der Waals surface area contributed by atoms with Crippen molar-refractivity contribution in [2.24, 2.45) is 0 Å². The number of carbonyl (C=O) groups excluding carboxylic acids is 2. The van der Waals surface area contributed by atoms with Gasteiger partial charge in [-0.1, -0.05) is 85.5 Å². The molecule has 3 aromatic carbocycles. The Morgan fingerprint density at radius 3 is 2.22 bits per heavy atom. The van der Waals surface area contributed by atoms with Crippen molar-refractivity contribution in [3.05, 3.63) is 101 Å². The molecule has 0 aliphatic heterocycles. The summed E-state index contributed by atoms with van der Waals surface area (Å²) in [4.78, 5) is 29.2. The van der Waals surface area contributed by atoms with Gasteiger partial charge in [0.05, 0.1) is 11.4 Å². The van der Waals surface area contributed by atoms with Gasteiger partial charge in [-0.3, -0.25) is 9.59 Å². The number of carbonyl (C=O) groups is 2. The van der Waals surface area contributed by atoms with E-state index in [2.05, 4.69) is 5.32 Å². The van der Waals surface area contributed by atoms with Crippen LogP contribution < -0.4 is 5.32 Å². The van der Waals surface area contributed by atoms with E-state index in [1.54, 1.807) is 30.3 Å². The van der Waals surface area contributed by atoms with Crippen LogP contribution in [0.15, 0.2) is 83.8 Å². The summed E-state index contributed by atoms with van der Waals surface area (Å²) in [7, 11) is -2.65. The maximum Gasteiger partial charge on any atom is 0.243 e. The van der Waals surface area contributed by atoms with Crippen molar-refractivity contribution in [3.8, 4) is 0 Å². The van der Waals surface area contributed by atoms with Crippen LogP contribution in [0.2, 0.25) is 0 Å². The summed E-state index contributed by atoms with van der Waals surface area (Å²) in [6, 6.07) is 20.9. The number of aryl methyl sites for hydroxylation is 1. The number of amides is 2. The van der Waals surface area contributed by atoms with Gasteiger partial charge in [-0.15, -0.1) is 0 Å². The van der Waals surface area contributed by atoms with E-state index in [0.717, 1.165) is 47.5 Å². The maximum atomic E-state index is 14.8. The summed E-state index contributed by atoms with van der Waals surface area (Å²) in [5.41, 5.74) is 1.99. The molecule has 1 atom stereocenters. The second-order valence-electron chi connectivity index (χ2n) is 10.7. The first-order chi connectivity index (χ1) is 19.6. The first-order valence-corrected chi connectivity index (χ1v) is 15.5. The van der Waals surface area contributed by atoms with Crippen LogP contribution in [0.4, 0.5) is 4.39 Å². The lowest BCUT2D eigenvalue weighted by molar-refractivity contribution is -0.141. The molecule has 3 aromatic rings. The largest absolute Gasteiger partial charge is 0.352 e. The molecule has 0 radical (unpaired) electrons. The number of halogens is 1. The second-order valence-corrected chi connectivity index (χ2v) is 12.8. The summed E-state index contributed by atoms with van der Waals surface area (Å²) < 4.78 is 42.4. The van der Waals surface area contributed by atoms with Gasteiger partial charge in [-0.05, 0) is 43.5 Å². The average molecular weight is 580 g/mol. The van der Waals surface area contributed by atoms with Crippen molar-refractivity contribution in [1.82, 2.24) is 14.5 Å². The molecular weight excluding hydrogens is 541 g/mol. The van der Waals surface area contributed by atoms with Crippen LogP contribution in [-0.4, -0.2) is 55.1 Å². The molecule has 1 N–H and O–H groups in total. The minimum absolute atomic E-state index is 0.00419. The summed E-state index contributed by atoms with van der Waals surface area (Å²) in [5, 5.41) is 3.13. The van der Waals surface area contributed by atoms with Gasteiger partial charge in [0.2, 0.25) is 21.8 Å². The fourth-order valence-electron chi connectivity index (χ4n) is 5.16. The van der Waals surface area contributed by atoms with Crippen LogP contribution >= 0.6 is 0 Å². The first kappa shape index (κ1) is 30.4. The van der Waals surface area contributed by atoms with Crippen molar-refractivity contribution in [3.63, 3.8) is 0 Å². The Balaban J connectivity index is 1.66. The molecule has 1 saturated carbocycles. The molecule has 218 valence electrons. The number of hydrogen-bond donors (Lipinski definition) is 1. The fourth-order valence-corrected chi connectivity index (χ4v) is 6.29. The number of benzene rings is 3. The van der Waals surface area contributed by atoms with Crippen molar-refractivity contribution < 1.29 is 22.4 Å². The van der Waals surface area contributed by atoms with E-state index in [0.29, 0.717) is 0 Å². The smallest absolute Gasteiger partial charge is 0.243 e. The summed E-state index contributed by atoms with van der Waals surface area (Å²) >= 11 is 0. The van der Waals surface area contributed by atoms with Gasteiger partial charge in [0, 0.05) is 31.6 Å². The zero-order valence-corrected chi connectivity index (χ0v) is 24.4. The summed E-state index contributed by atoms with van der Waals surface area (Å²) in [6.07, 6.45) is 5.10. The summed E-state index contributed by atoms with van der Waals surface area (Å²) in [6.45, 7) is 1.17. The maximum absolute atomic E-state index is 14.8. The number of nitrogens with zero attached hydrogens (tertiary/aromatic N) is 2. The zero-order valence-electron chi connectivity index (χ0n) is 23.6. The van der Waals surface area contributed by atoms with Crippen molar-refractivity contribution in [2.75, 3.05) is 13.6 Å². The minimum Gasteiger partial charge on any atom is -0.352 e. The van der Waals surface area contributed by atoms with Gasteiger partial charge in [0.25, 0.3) is 0 Å². The second kappa shape index (κ2) is 13.9. The van der Waals surface area contributed by atoms with Gasteiger partial charge in [-0.2, -0.15) is 4.31 Å². The van der Waals surface area contributed by atoms with Crippen molar-refractivity contribution in [1.29, 1.82) is 0 Å². The molecule has 0 saturated heterocycles. The highest BCUT2D eigenvalue weighted by Crippen LogP contribution is 2.21. The van der Waals surface area contributed by atoms with E-state index in [1.807, 2.05) is 37.3 Å². The third kappa shape index (κ3) is 8.01. The lowest BCUT2D eigenvalue weighted by Gasteiger charge is -2.34. The zero-order chi connectivity index (χ0) is 29.4. The van der Waals surface area contributed by atoms with Crippen molar-refractivity contribution >= 4 is 21.8 Å². The molecule has 2 amide bonds. The molecule has 0 unspecified atom stereocenters. The highest BCUT2D eigenvalue weighted by atomic mass is 32.2. The van der Waals surface area contributed by atoms with E-state index >= 15 is 0 Å². The lowest BCUT2D eigenvalue weighted by atomic mass is 9.94. The van der Waals surface area contributed by atoms with Crippen LogP contribution in [-0.2, 0) is 32.6 Å². The topological polar surface area (TPSA) is 86.8 Å². The molecule has 0 heterocycles. The predicted octanol–water partition coefficient (Wildman–Crippen LogP) is 4.84. The number of nitrogens with one attached hydrogen (secondary N) is 1. The summed E-state index contributed by atoms with van der Waals surface area (Å²) in [5.74, 6) is -1.42. The average Bonchev–Trinajstić information content (AvgIpc) is 2.97. The highest BCUT2D eigenvalue weighted by molar-refractivity contribution is 7.89. The Bertz CT molecular complexity index is 1420. The Labute approximate surface area is 242 Å². The van der Waals surface area contributed by atoms with E-state index in [-0.39, 0.29) is 35.4 Å². The third-order valence-electron chi connectivity index (χ3n) is 7.61. The SMILES string of the molecule is Cc1ccc(S(=O)(=O)N(C)CC(=O)N(Cc2ccccc2F)[C@H](Cc2ccccc2)C(=O)NC2CCCCC2)cc1. The Morgan fingerprint density at radius 1 is 0.927 bits per heavy atom. The Morgan fingerprint density at radius 2 is 1.56 bits per heavy atom. The fraction of sp³-hybridized carbons (Fsp3) is 0.375. The van der Waals surface area contributed by atoms with Gasteiger partial charge < -0.3 is 10.2 Å². The van der Waals surface area contributed by atoms with Crippen LogP contribution in [0.25, 0.3) is 0 Å². The number of rotatable bonds is 11. The molecule has 4 rings (SSSR count). The molecule has 41 heavy (non-hydrogen) atoms. The molecule has 0 spiro atoms. The lowest BCUT2D eigenvalue weighted by Crippen LogP contribution is -2.54. The molecular formula is C32H38FN3O4S. The van der Waals surface area contributed by atoms with E-state index in [9.17, 15) is 22.4 Å². The minimum atomic E-state index is -3.98. The quantitative estimate of drug-likeness (QED) is 0.352. The van der Waals surface area contributed by atoms with Crippen LogP contribution in [0.1, 0.15) is 48.8 Å². The van der Waals surface area contributed by atoms with Crippen LogP contribution in [0.3, 0.4) is 0 Å². The van der Waals surface area contributed by atoms with E-state index in [1.165, 1.54) is 30.1 Å². The molecule has 9 heteroatoms. The van der Waals surface area contributed by atoms with Gasteiger partial charge >= 0.3 is 0 Å². The van der Waals surface area contributed by atoms with E-state index in [4.69, 9.17) is 0 Å². The van der Waals surface area contributed by atoms with E-state index < -0.39 is 34.3 Å². The molecule has 0 aromatic heterocycles. The number of sulfonamides is 1. The van der Waals surface area contributed by atoms with Crippen LogP contribution in [0.5, 0.6) is 0 Å². The number of hydrogen-bond acceptors (Lipinski definition) is 4. The third-order valence-corrected chi connectivity index (χ3v) is 9.43. The molecule has 1 fully saturated rings. The highest BCUT2D eigenvalue weighted by Gasteiger charge is 2.34. The van der Waals surface area contributed by atoms with Crippen LogP contribution in [0, 0.1) is 12.7 Å². The Kier molecular flexibility index (Phi) is 10.3. The monoisotopic (exact) mass is 579 g/mol.